The number of phenolic OH excluding ortho intramolecular Hbond substituents is 1. The molecule has 2 saturated carbocycles. The monoisotopic (exact) mass is 300 g/mol. The van der Waals surface area contributed by atoms with Crippen LogP contribution in [-0.2, 0) is 11.2 Å². The SMILES string of the molecule is CCC12CCC3c4ccc(O)cc4CC(O)C3C1CCC2=O. The Morgan fingerprint density at radius 3 is 2.91 bits per heavy atom. The lowest BCUT2D eigenvalue weighted by atomic mass is 9.53. The molecule has 0 radical (unpaired) electrons. The Bertz CT molecular complexity index is 623. The summed E-state index contributed by atoms with van der Waals surface area (Å²) in [7, 11) is 0. The highest BCUT2D eigenvalue weighted by atomic mass is 16.3. The van der Waals surface area contributed by atoms with E-state index in [1.54, 1.807) is 12.1 Å². The highest BCUT2D eigenvalue weighted by Gasteiger charge is 2.58. The molecule has 1 aromatic rings. The molecule has 118 valence electrons. The third-order valence-electron chi connectivity index (χ3n) is 6.81. The summed E-state index contributed by atoms with van der Waals surface area (Å²) in [6, 6.07) is 5.59. The van der Waals surface area contributed by atoms with Crippen LogP contribution in [0.5, 0.6) is 5.75 Å². The lowest BCUT2D eigenvalue weighted by Gasteiger charge is -2.51. The first kappa shape index (κ1) is 14.3. The second-order valence-corrected chi connectivity index (χ2v) is 7.46. The molecule has 3 heteroatoms. The maximum absolute atomic E-state index is 12.5. The van der Waals surface area contributed by atoms with Crippen LogP contribution in [0, 0.1) is 17.3 Å². The van der Waals surface area contributed by atoms with Gasteiger partial charge >= 0.3 is 0 Å². The van der Waals surface area contributed by atoms with Crippen LogP contribution in [-0.4, -0.2) is 22.1 Å². The molecule has 0 spiro atoms. The van der Waals surface area contributed by atoms with Gasteiger partial charge in [-0.25, -0.2) is 0 Å². The Balaban J connectivity index is 1.77. The molecule has 0 amide bonds. The quantitative estimate of drug-likeness (QED) is 0.837. The smallest absolute Gasteiger partial charge is 0.139 e. The number of benzene rings is 1. The average molecular weight is 300 g/mol. The molecular weight excluding hydrogens is 276 g/mol. The number of phenols is 1. The molecule has 0 bridgehead atoms. The van der Waals surface area contributed by atoms with Gasteiger partial charge in [0.2, 0.25) is 0 Å². The number of Topliss-reactive ketones (excluding diaryl/α,β-unsaturated/α-hetero) is 1. The van der Waals surface area contributed by atoms with E-state index in [4.69, 9.17) is 0 Å². The van der Waals surface area contributed by atoms with E-state index >= 15 is 0 Å². The molecule has 0 aliphatic heterocycles. The van der Waals surface area contributed by atoms with Crippen LogP contribution in [0.4, 0.5) is 0 Å². The first-order chi connectivity index (χ1) is 10.6. The number of carbonyl (C=O) groups is 1. The number of aromatic hydroxyl groups is 1. The van der Waals surface area contributed by atoms with E-state index in [0.29, 0.717) is 30.5 Å². The number of aliphatic hydroxyl groups excluding tert-OH is 1. The number of carbonyl (C=O) groups excluding carboxylic acids is 1. The van der Waals surface area contributed by atoms with Crippen molar-refractivity contribution in [2.24, 2.45) is 17.3 Å². The number of hydrogen-bond donors (Lipinski definition) is 2. The van der Waals surface area contributed by atoms with Crippen LogP contribution in [0.2, 0.25) is 0 Å². The van der Waals surface area contributed by atoms with Gasteiger partial charge in [0, 0.05) is 11.8 Å². The summed E-state index contributed by atoms with van der Waals surface area (Å²) in [5.41, 5.74) is 2.20. The predicted octanol–water partition coefficient (Wildman–Crippen LogP) is 3.18. The molecule has 3 aliphatic carbocycles. The summed E-state index contributed by atoms with van der Waals surface area (Å²) in [6.45, 7) is 2.14. The molecule has 5 unspecified atom stereocenters. The van der Waals surface area contributed by atoms with Crippen molar-refractivity contribution < 1.29 is 15.0 Å². The average Bonchev–Trinajstić information content (AvgIpc) is 2.84. The van der Waals surface area contributed by atoms with Gasteiger partial charge in [0.1, 0.15) is 11.5 Å². The minimum absolute atomic E-state index is 0.170. The number of fused-ring (bicyclic) bond motifs is 5. The molecule has 22 heavy (non-hydrogen) atoms. The second-order valence-electron chi connectivity index (χ2n) is 7.46. The third-order valence-corrected chi connectivity index (χ3v) is 6.81. The molecule has 5 atom stereocenters. The van der Waals surface area contributed by atoms with Gasteiger partial charge in [-0.15, -0.1) is 0 Å². The zero-order valence-electron chi connectivity index (χ0n) is 13.1. The van der Waals surface area contributed by atoms with E-state index in [-0.39, 0.29) is 23.2 Å². The van der Waals surface area contributed by atoms with Crippen LogP contribution >= 0.6 is 0 Å². The van der Waals surface area contributed by atoms with E-state index in [9.17, 15) is 15.0 Å². The molecule has 0 heterocycles. The van der Waals surface area contributed by atoms with Crippen molar-refractivity contribution in [1.29, 1.82) is 0 Å². The summed E-state index contributed by atoms with van der Waals surface area (Å²) in [6.07, 6.45) is 4.71. The number of rotatable bonds is 1. The third kappa shape index (κ3) is 1.75. The maximum Gasteiger partial charge on any atom is 0.139 e. The normalized spacial score (nSPS) is 40.0. The molecule has 0 aromatic heterocycles. The van der Waals surface area contributed by atoms with Crippen molar-refractivity contribution in [3.8, 4) is 5.75 Å². The highest BCUT2D eigenvalue weighted by Crippen LogP contribution is 2.61. The highest BCUT2D eigenvalue weighted by molar-refractivity contribution is 5.87. The van der Waals surface area contributed by atoms with E-state index in [1.165, 1.54) is 5.56 Å². The Morgan fingerprint density at radius 1 is 1.32 bits per heavy atom. The molecule has 4 rings (SSSR count). The lowest BCUT2D eigenvalue weighted by Crippen LogP contribution is -2.49. The largest absolute Gasteiger partial charge is 0.508 e. The first-order valence-corrected chi connectivity index (χ1v) is 8.60. The van der Waals surface area contributed by atoms with E-state index in [2.05, 4.69) is 6.92 Å². The summed E-state index contributed by atoms with van der Waals surface area (Å²) < 4.78 is 0. The van der Waals surface area contributed by atoms with Crippen molar-refractivity contribution in [3.05, 3.63) is 29.3 Å². The van der Waals surface area contributed by atoms with Crippen molar-refractivity contribution in [1.82, 2.24) is 0 Å². The molecule has 2 N–H and O–H groups in total. The van der Waals surface area contributed by atoms with Gasteiger partial charge < -0.3 is 10.2 Å². The van der Waals surface area contributed by atoms with Crippen LogP contribution in [0.1, 0.15) is 56.1 Å². The van der Waals surface area contributed by atoms with E-state index < -0.39 is 0 Å². The zero-order chi connectivity index (χ0) is 15.5. The topological polar surface area (TPSA) is 57.5 Å². The van der Waals surface area contributed by atoms with Gasteiger partial charge in [-0.05, 0) is 73.1 Å². The minimum Gasteiger partial charge on any atom is -0.508 e. The molecule has 1 aromatic carbocycles. The number of aliphatic hydroxyl groups is 1. The van der Waals surface area contributed by atoms with Gasteiger partial charge in [0.25, 0.3) is 0 Å². The van der Waals surface area contributed by atoms with Crippen molar-refractivity contribution in [2.45, 2.75) is 57.5 Å². The van der Waals surface area contributed by atoms with Gasteiger partial charge in [-0.3, -0.25) is 4.79 Å². The lowest BCUT2D eigenvalue weighted by molar-refractivity contribution is -0.133. The summed E-state index contributed by atoms with van der Waals surface area (Å²) >= 11 is 0. The first-order valence-electron chi connectivity index (χ1n) is 8.60. The maximum atomic E-state index is 12.5. The Kier molecular flexibility index (Phi) is 3.12. The number of ketones is 1. The minimum atomic E-state index is -0.388. The zero-order valence-corrected chi connectivity index (χ0v) is 13.1. The Morgan fingerprint density at radius 2 is 2.14 bits per heavy atom. The van der Waals surface area contributed by atoms with Crippen LogP contribution in [0.25, 0.3) is 0 Å². The van der Waals surface area contributed by atoms with Crippen molar-refractivity contribution in [3.63, 3.8) is 0 Å². The van der Waals surface area contributed by atoms with Gasteiger partial charge in [0.05, 0.1) is 6.10 Å². The van der Waals surface area contributed by atoms with Crippen LogP contribution < -0.4 is 0 Å². The fraction of sp³-hybridized carbons (Fsp3) is 0.632. The van der Waals surface area contributed by atoms with Gasteiger partial charge in [-0.2, -0.15) is 0 Å². The van der Waals surface area contributed by atoms with Crippen molar-refractivity contribution in [2.75, 3.05) is 0 Å². The molecule has 3 aliphatic rings. The summed E-state index contributed by atoms with van der Waals surface area (Å²) in [5, 5.41) is 20.5. The van der Waals surface area contributed by atoms with E-state index in [0.717, 1.165) is 31.2 Å². The molecule has 0 saturated heterocycles. The van der Waals surface area contributed by atoms with Gasteiger partial charge in [-0.1, -0.05) is 13.0 Å². The molecule has 3 nitrogen and oxygen atoms in total. The van der Waals surface area contributed by atoms with E-state index in [1.807, 2.05) is 6.07 Å². The van der Waals surface area contributed by atoms with Crippen LogP contribution in [0.3, 0.4) is 0 Å². The predicted molar refractivity (Wildman–Crippen MR) is 83.7 cm³/mol. The standard InChI is InChI=1S/C19H24O3/c1-2-19-8-7-14-13-4-3-12(20)9-11(13)10-16(21)18(14)15(19)5-6-17(19)22/h3-4,9,14-16,18,20-21H,2,5-8,10H2,1H3. The molecule has 2 fully saturated rings. The van der Waals surface area contributed by atoms with Crippen molar-refractivity contribution >= 4 is 5.78 Å². The fourth-order valence-corrected chi connectivity index (χ4v) is 5.82. The summed E-state index contributed by atoms with van der Waals surface area (Å²) in [5.74, 6) is 1.59. The second kappa shape index (κ2) is 4.82. The Labute approximate surface area is 131 Å². The fourth-order valence-electron chi connectivity index (χ4n) is 5.82. The van der Waals surface area contributed by atoms with Gasteiger partial charge in [0.15, 0.2) is 0 Å². The van der Waals surface area contributed by atoms with Crippen LogP contribution in [0.15, 0.2) is 18.2 Å². The molecular formula is C19H24O3. The number of hydrogen-bond acceptors (Lipinski definition) is 3. The summed E-state index contributed by atoms with van der Waals surface area (Å²) in [4.78, 5) is 12.5. The Hall–Kier alpha value is -1.35.